The summed E-state index contributed by atoms with van der Waals surface area (Å²) in [5.74, 6) is 1.00. The van der Waals surface area contributed by atoms with Crippen LogP contribution in [0.4, 0.5) is 5.69 Å². The van der Waals surface area contributed by atoms with Gasteiger partial charge in [-0.1, -0.05) is 0 Å². The van der Waals surface area contributed by atoms with Gasteiger partial charge in [0.25, 0.3) is 0 Å². The van der Waals surface area contributed by atoms with Gasteiger partial charge in [0, 0.05) is 30.3 Å². The van der Waals surface area contributed by atoms with Gasteiger partial charge >= 0.3 is 0 Å². The number of hydrogen-bond acceptors (Lipinski definition) is 5. The van der Waals surface area contributed by atoms with Crippen LogP contribution < -0.4 is 20.1 Å². The van der Waals surface area contributed by atoms with Crippen molar-refractivity contribution in [3.63, 3.8) is 0 Å². The summed E-state index contributed by atoms with van der Waals surface area (Å²) < 4.78 is 16.0. The minimum absolute atomic E-state index is 0. The van der Waals surface area contributed by atoms with Gasteiger partial charge in [-0.2, -0.15) is 0 Å². The summed E-state index contributed by atoms with van der Waals surface area (Å²) in [6.07, 6.45) is 0. The fourth-order valence-corrected chi connectivity index (χ4v) is 1.94. The Labute approximate surface area is 139 Å². The Hall–Kier alpha value is -1.02. The van der Waals surface area contributed by atoms with Crippen molar-refractivity contribution < 1.29 is 19.0 Å². The van der Waals surface area contributed by atoms with E-state index >= 15 is 0 Å². The molecule has 2 N–H and O–H groups in total. The van der Waals surface area contributed by atoms with E-state index in [0.717, 1.165) is 4.47 Å². The Morgan fingerprint density at radius 3 is 2.38 bits per heavy atom. The van der Waals surface area contributed by atoms with Crippen molar-refractivity contribution in [1.29, 1.82) is 0 Å². The van der Waals surface area contributed by atoms with Crippen molar-refractivity contribution in [3.05, 3.63) is 16.6 Å². The Morgan fingerprint density at radius 1 is 1.19 bits per heavy atom. The van der Waals surface area contributed by atoms with E-state index < -0.39 is 0 Å². The maximum absolute atomic E-state index is 11.8. The molecule has 0 fully saturated rings. The number of benzene rings is 1. The highest BCUT2D eigenvalue weighted by atomic mass is 79.9. The number of methoxy groups -OCH3 is 3. The molecule has 0 aliphatic heterocycles. The van der Waals surface area contributed by atoms with Gasteiger partial charge in [-0.25, -0.2) is 0 Å². The van der Waals surface area contributed by atoms with Gasteiger partial charge in [0.15, 0.2) is 11.5 Å². The van der Waals surface area contributed by atoms with Crippen LogP contribution in [0.25, 0.3) is 0 Å². The summed E-state index contributed by atoms with van der Waals surface area (Å²) in [5.41, 5.74) is 0.626. The molecule has 120 valence electrons. The minimum atomic E-state index is -0.144. The van der Waals surface area contributed by atoms with Crippen LogP contribution in [0.3, 0.4) is 0 Å². The molecule has 1 aromatic carbocycles. The first-order chi connectivity index (χ1) is 9.62. The second-order valence-corrected chi connectivity index (χ2v) is 4.76. The average molecular weight is 384 g/mol. The van der Waals surface area contributed by atoms with Crippen LogP contribution in [0, 0.1) is 0 Å². The zero-order valence-electron chi connectivity index (χ0n) is 12.2. The molecule has 0 aliphatic carbocycles. The van der Waals surface area contributed by atoms with Gasteiger partial charge in [-0.15, -0.1) is 12.4 Å². The van der Waals surface area contributed by atoms with Crippen LogP contribution in [0.2, 0.25) is 0 Å². The average Bonchev–Trinajstić information content (AvgIpc) is 2.45. The molecule has 0 bridgehead atoms. The van der Waals surface area contributed by atoms with Crippen molar-refractivity contribution in [2.75, 3.05) is 46.3 Å². The topological polar surface area (TPSA) is 68.8 Å². The third-order valence-electron chi connectivity index (χ3n) is 2.52. The van der Waals surface area contributed by atoms with Crippen LogP contribution in [-0.4, -0.2) is 46.9 Å². The minimum Gasteiger partial charge on any atom is -0.493 e. The van der Waals surface area contributed by atoms with Crippen LogP contribution in [0.1, 0.15) is 0 Å². The molecular formula is C13H20BrClN2O4. The van der Waals surface area contributed by atoms with Crippen molar-refractivity contribution in [2.45, 2.75) is 0 Å². The van der Waals surface area contributed by atoms with E-state index in [1.165, 1.54) is 0 Å². The molecule has 0 saturated carbocycles. The highest BCUT2D eigenvalue weighted by molar-refractivity contribution is 9.10. The Kier molecular flexibility index (Phi) is 10.2. The number of halogens is 2. The van der Waals surface area contributed by atoms with Crippen LogP contribution in [0.15, 0.2) is 16.6 Å². The molecule has 0 radical (unpaired) electrons. The first-order valence-electron chi connectivity index (χ1n) is 6.03. The zero-order chi connectivity index (χ0) is 15.0. The normalized spacial score (nSPS) is 9.71. The third-order valence-corrected chi connectivity index (χ3v) is 3.17. The van der Waals surface area contributed by atoms with Crippen molar-refractivity contribution in [3.8, 4) is 11.5 Å². The van der Waals surface area contributed by atoms with E-state index in [4.69, 9.17) is 14.2 Å². The number of ether oxygens (including phenoxy) is 3. The fourth-order valence-electron chi connectivity index (χ4n) is 1.52. The number of amides is 1. The van der Waals surface area contributed by atoms with E-state index in [9.17, 15) is 4.79 Å². The summed E-state index contributed by atoms with van der Waals surface area (Å²) in [5, 5.41) is 5.76. The van der Waals surface area contributed by atoms with Gasteiger partial charge < -0.3 is 24.8 Å². The Morgan fingerprint density at radius 2 is 1.81 bits per heavy atom. The number of carbonyl (C=O) groups is 1. The van der Waals surface area contributed by atoms with E-state index in [-0.39, 0.29) is 24.9 Å². The highest BCUT2D eigenvalue weighted by Gasteiger charge is 2.11. The molecule has 0 aliphatic rings. The second-order valence-electron chi connectivity index (χ2n) is 3.90. The predicted molar refractivity (Wildman–Crippen MR) is 87.9 cm³/mol. The third kappa shape index (κ3) is 6.52. The predicted octanol–water partition coefficient (Wildman–Crippen LogP) is 2.06. The maximum Gasteiger partial charge on any atom is 0.238 e. The lowest BCUT2D eigenvalue weighted by atomic mass is 10.2. The highest BCUT2D eigenvalue weighted by Crippen LogP contribution is 2.36. The van der Waals surface area contributed by atoms with Gasteiger partial charge in [0.1, 0.15) is 0 Å². The Bertz CT molecular complexity index is 460. The SMILES string of the molecule is COCCNCC(=O)Nc1cc(OC)c(OC)cc1Br.Cl. The van der Waals surface area contributed by atoms with Gasteiger partial charge in [-0.05, 0) is 15.9 Å². The van der Waals surface area contributed by atoms with Crippen molar-refractivity contribution >= 4 is 39.9 Å². The maximum atomic E-state index is 11.8. The van der Waals surface area contributed by atoms with Gasteiger partial charge in [-0.3, -0.25) is 4.79 Å². The molecule has 1 aromatic rings. The molecule has 1 rings (SSSR count). The van der Waals surface area contributed by atoms with Gasteiger partial charge in [0.05, 0.1) is 33.1 Å². The molecule has 0 unspecified atom stereocenters. The fraction of sp³-hybridized carbons (Fsp3) is 0.462. The monoisotopic (exact) mass is 382 g/mol. The number of anilines is 1. The molecule has 8 heteroatoms. The van der Waals surface area contributed by atoms with Crippen molar-refractivity contribution in [2.24, 2.45) is 0 Å². The lowest BCUT2D eigenvalue weighted by molar-refractivity contribution is -0.115. The number of nitrogens with one attached hydrogen (secondary N) is 2. The van der Waals surface area contributed by atoms with E-state index in [0.29, 0.717) is 30.3 Å². The lowest BCUT2D eigenvalue weighted by Crippen LogP contribution is -2.30. The molecule has 0 atom stereocenters. The van der Waals surface area contributed by atoms with Crippen LogP contribution in [0.5, 0.6) is 11.5 Å². The molecule has 0 spiro atoms. The van der Waals surface area contributed by atoms with E-state index in [1.54, 1.807) is 33.5 Å². The molecule has 6 nitrogen and oxygen atoms in total. The number of hydrogen-bond donors (Lipinski definition) is 2. The Balaban J connectivity index is 0.00000400. The molecule has 0 saturated heterocycles. The molecule has 0 aromatic heterocycles. The zero-order valence-corrected chi connectivity index (χ0v) is 14.6. The van der Waals surface area contributed by atoms with E-state index in [2.05, 4.69) is 26.6 Å². The summed E-state index contributed by atoms with van der Waals surface area (Å²) in [6.45, 7) is 1.40. The van der Waals surface area contributed by atoms with Crippen molar-refractivity contribution in [1.82, 2.24) is 5.32 Å². The first kappa shape index (κ1) is 20.0. The summed E-state index contributed by atoms with van der Waals surface area (Å²) in [6, 6.07) is 3.45. The summed E-state index contributed by atoms with van der Waals surface area (Å²) >= 11 is 3.38. The first-order valence-corrected chi connectivity index (χ1v) is 6.82. The number of carbonyl (C=O) groups excluding carboxylic acids is 1. The summed E-state index contributed by atoms with van der Waals surface area (Å²) in [7, 11) is 4.72. The lowest BCUT2D eigenvalue weighted by Gasteiger charge is -2.13. The quantitative estimate of drug-likeness (QED) is 0.673. The van der Waals surface area contributed by atoms with Crippen LogP contribution in [-0.2, 0) is 9.53 Å². The number of rotatable bonds is 8. The standard InChI is InChI=1S/C13H19BrN2O4.ClH/c1-18-5-4-15-8-13(17)16-10-7-12(20-3)11(19-2)6-9(10)14;/h6-7,15H,4-5,8H2,1-3H3,(H,16,17);1H. The molecule has 1 amide bonds. The van der Waals surface area contributed by atoms with Gasteiger partial charge in [0.2, 0.25) is 5.91 Å². The largest absolute Gasteiger partial charge is 0.493 e. The smallest absolute Gasteiger partial charge is 0.238 e. The van der Waals surface area contributed by atoms with E-state index in [1.807, 2.05) is 0 Å². The second kappa shape index (κ2) is 10.7. The summed E-state index contributed by atoms with van der Waals surface area (Å²) in [4.78, 5) is 11.8. The molecular weight excluding hydrogens is 364 g/mol. The molecule has 0 heterocycles. The molecule has 21 heavy (non-hydrogen) atoms. The van der Waals surface area contributed by atoms with Crippen LogP contribution >= 0.6 is 28.3 Å².